The van der Waals surface area contributed by atoms with E-state index in [1.165, 1.54) is 5.56 Å². The lowest BCUT2D eigenvalue weighted by molar-refractivity contribution is 0.464. The van der Waals surface area contributed by atoms with Gasteiger partial charge in [0, 0.05) is 11.1 Å². The molecule has 47 heavy (non-hydrogen) atoms. The molecule has 0 radical (unpaired) electrons. The van der Waals surface area contributed by atoms with Crippen molar-refractivity contribution in [1.82, 2.24) is 0 Å². The van der Waals surface area contributed by atoms with Crippen LogP contribution in [0.1, 0.15) is 5.56 Å². The lowest BCUT2D eigenvalue weighted by Gasteiger charge is -2.37. The van der Waals surface area contributed by atoms with Crippen molar-refractivity contribution in [2.24, 2.45) is 0 Å². The Bertz CT molecular complexity index is 2380. The highest BCUT2D eigenvalue weighted by molar-refractivity contribution is 7.86. The molecule has 0 saturated heterocycles. The van der Waals surface area contributed by atoms with Crippen LogP contribution in [0.3, 0.4) is 0 Å². The van der Waals surface area contributed by atoms with E-state index in [0.29, 0.717) is 38.9 Å². The van der Waals surface area contributed by atoms with E-state index in [2.05, 4.69) is 73.7 Å². The molecule has 0 saturated carbocycles. The lowest BCUT2D eigenvalue weighted by atomic mass is 9.96. The van der Waals surface area contributed by atoms with Gasteiger partial charge in [-0.25, -0.2) is 0 Å². The SMILES string of the molecule is Cc1ccccc1-c1ccc2c(c1)Oc1c(-c3ccccc3)cc(-c3ccccc3)c3c1P2(=O)c1ccc(-c2ccccc2)cc1O3. The maximum absolute atomic E-state index is 16.3. The van der Waals surface area contributed by atoms with E-state index < -0.39 is 7.14 Å². The molecule has 0 aliphatic carbocycles. The van der Waals surface area contributed by atoms with Gasteiger partial charge in [0.1, 0.15) is 28.3 Å². The van der Waals surface area contributed by atoms with Crippen molar-refractivity contribution in [2.75, 3.05) is 0 Å². The average molecular weight is 625 g/mol. The minimum atomic E-state index is -3.49. The van der Waals surface area contributed by atoms with E-state index >= 15 is 4.57 Å². The maximum atomic E-state index is 16.3. The molecule has 0 bridgehead atoms. The van der Waals surface area contributed by atoms with Gasteiger partial charge >= 0.3 is 0 Å². The molecule has 0 N–H and O–H groups in total. The van der Waals surface area contributed by atoms with Crippen LogP contribution in [-0.2, 0) is 4.57 Å². The van der Waals surface area contributed by atoms with Crippen molar-refractivity contribution in [1.29, 1.82) is 0 Å². The summed E-state index contributed by atoms with van der Waals surface area (Å²) < 4.78 is 30.1. The zero-order valence-electron chi connectivity index (χ0n) is 25.7. The predicted molar refractivity (Wildman–Crippen MR) is 192 cm³/mol. The van der Waals surface area contributed by atoms with E-state index in [9.17, 15) is 0 Å². The summed E-state index contributed by atoms with van der Waals surface area (Å²) in [4.78, 5) is 0. The summed E-state index contributed by atoms with van der Waals surface area (Å²) in [5.41, 5.74) is 9.10. The first-order valence-electron chi connectivity index (χ1n) is 15.8. The Morgan fingerprint density at radius 1 is 0.426 bits per heavy atom. The Hall–Kier alpha value is -5.63. The molecule has 0 aromatic heterocycles. The van der Waals surface area contributed by atoms with Crippen molar-refractivity contribution in [2.45, 2.75) is 6.92 Å². The van der Waals surface area contributed by atoms with E-state index in [0.717, 1.165) is 44.5 Å². The summed E-state index contributed by atoms with van der Waals surface area (Å²) in [5, 5.41) is 1.99. The fraction of sp³-hybridized carbons (Fsp3) is 0.0233. The Balaban J connectivity index is 1.37. The first-order valence-corrected chi connectivity index (χ1v) is 17.5. The Morgan fingerprint density at radius 2 is 0.894 bits per heavy atom. The average Bonchev–Trinajstić information content (AvgIpc) is 3.12. The fourth-order valence-electron chi connectivity index (χ4n) is 6.97. The Labute approximate surface area is 274 Å². The Morgan fingerprint density at radius 3 is 1.45 bits per heavy atom. The molecule has 2 aliphatic heterocycles. The maximum Gasteiger partial charge on any atom is 0.185 e. The summed E-state index contributed by atoms with van der Waals surface area (Å²) in [6, 6.07) is 53.3. The molecule has 1 unspecified atom stereocenters. The van der Waals surface area contributed by atoms with Gasteiger partial charge in [-0.15, -0.1) is 0 Å². The van der Waals surface area contributed by atoms with Gasteiger partial charge in [-0.1, -0.05) is 127 Å². The topological polar surface area (TPSA) is 35.5 Å². The van der Waals surface area contributed by atoms with Crippen LogP contribution in [0.2, 0.25) is 0 Å². The highest BCUT2D eigenvalue weighted by Gasteiger charge is 2.48. The zero-order valence-corrected chi connectivity index (χ0v) is 26.6. The number of aryl methyl sites for hydroxylation is 1. The van der Waals surface area contributed by atoms with Crippen LogP contribution < -0.4 is 25.4 Å². The quantitative estimate of drug-likeness (QED) is 0.183. The molecule has 2 heterocycles. The lowest BCUT2D eigenvalue weighted by Crippen LogP contribution is -2.35. The van der Waals surface area contributed by atoms with Crippen LogP contribution >= 0.6 is 7.14 Å². The third-order valence-corrected chi connectivity index (χ3v) is 12.4. The number of rotatable bonds is 4. The molecular weight excluding hydrogens is 595 g/mol. The van der Waals surface area contributed by atoms with E-state index in [1.807, 2.05) is 91.0 Å². The first kappa shape index (κ1) is 27.7. The molecular formula is C43H29O3P. The van der Waals surface area contributed by atoms with Crippen LogP contribution in [0.4, 0.5) is 0 Å². The largest absolute Gasteiger partial charge is 0.455 e. The number of fused-ring (bicyclic) bond motifs is 4. The Kier molecular flexibility index (Phi) is 6.31. The van der Waals surface area contributed by atoms with Crippen LogP contribution in [0.15, 0.2) is 158 Å². The van der Waals surface area contributed by atoms with Crippen molar-refractivity contribution >= 4 is 23.1 Å². The molecule has 0 fully saturated rings. The first-order chi connectivity index (χ1) is 23.1. The van der Waals surface area contributed by atoms with Gasteiger partial charge in [-0.3, -0.25) is 0 Å². The van der Waals surface area contributed by atoms with Crippen LogP contribution in [0.5, 0.6) is 23.0 Å². The van der Waals surface area contributed by atoms with Gasteiger partial charge < -0.3 is 14.0 Å². The monoisotopic (exact) mass is 624 g/mol. The number of benzene rings is 7. The van der Waals surface area contributed by atoms with Crippen molar-refractivity contribution in [3.8, 4) is 67.5 Å². The zero-order chi connectivity index (χ0) is 31.5. The van der Waals surface area contributed by atoms with E-state index in [1.54, 1.807) is 0 Å². The van der Waals surface area contributed by atoms with Gasteiger partial charge in [-0.05, 0) is 76.2 Å². The van der Waals surface area contributed by atoms with Crippen LogP contribution in [-0.4, -0.2) is 0 Å². The number of ether oxygens (including phenoxy) is 2. The molecule has 7 aromatic carbocycles. The molecule has 0 amide bonds. The third-order valence-electron chi connectivity index (χ3n) is 9.28. The smallest absolute Gasteiger partial charge is 0.185 e. The standard InChI is InChI=1S/C43H29O3P/c1-28-13-11-12-20-34(28)33-22-24-40-38(26-33)46-42-36(31-18-9-4-10-19-31)27-35(30-16-7-3-8-17-30)41-43(42)47(40,44)39-23-21-32(25-37(39)45-41)29-14-5-2-6-15-29/h2-27H,1H3. The van der Waals surface area contributed by atoms with Gasteiger partial charge in [-0.2, -0.15) is 0 Å². The second-order valence-electron chi connectivity index (χ2n) is 12.1. The molecule has 7 aromatic rings. The second kappa shape index (κ2) is 10.7. The van der Waals surface area contributed by atoms with Crippen molar-refractivity contribution in [3.63, 3.8) is 0 Å². The molecule has 4 heteroatoms. The summed E-state index contributed by atoms with van der Waals surface area (Å²) in [6.07, 6.45) is 0. The highest BCUT2D eigenvalue weighted by atomic mass is 31.2. The van der Waals surface area contributed by atoms with Gasteiger partial charge in [0.2, 0.25) is 0 Å². The van der Waals surface area contributed by atoms with Crippen LogP contribution in [0.25, 0.3) is 44.5 Å². The van der Waals surface area contributed by atoms with Crippen molar-refractivity contribution < 1.29 is 14.0 Å². The molecule has 1 atom stereocenters. The number of hydrogen-bond acceptors (Lipinski definition) is 3. The third kappa shape index (κ3) is 4.31. The summed E-state index contributed by atoms with van der Waals surface area (Å²) >= 11 is 0. The molecule has 2 aliphatic rings. The number of hydrogen-bond donors (Lipinski definition) is 0. The normalized spacial score (nSPS) is 15.4. The van der Waals surface area contributed by atoms with Gasteiger partial charge in [0.25, 0.3) is 0 Å². The van der Waals surface area contributed by atoms with Gasteiger partial charge in [0.15, 0.2) is 7.14 Å². The summed E-state index contributed by atoms with van der Waals surface area (Å²) in [5.74, 6) is 2.38. The van der Waals surface area contributed by atoms with Gasteiger partial charge in [0.05, 0.1) is 10.6 Å². The van der Waals surface area contributed by atoms with Crippen molar-refractivity contribution in [3.05, 3.63) is 163 Å². The fourth-order valence-corrected chi connectivity index (χ4v) is 10.0. The van der Waals surface area contributed by atoms with Crippen LogP contribution in [0, 0.1) is 6.92 Å². The molecule has 9 rings (SSSR count). The van der Waals surface area contributed by atoms with E-state index in [4.69, 9.17) is 9.47 Å². The highest BCUT2D eigenvalue weighted by Crippen LogP contribution is 2.62. The minimum absolute atomic E-state index is 0.584. The van der Waals surface area contributed by atoms with E-state index in [-0.39, 0.29) is 0 Å². The molecule has 224 valence electrons. The molecule has 3 nitrogen and oxygen atoms in total. The molecule has 0 spiro atoms. The predicted octanol–water partition coefficient (Wildman–Crippen LogP) is 10.5. The minimum Gasteiger partial charge on any atom is -0.455 e. The summed E-state index contributed by atoms with van der Waals surface area (Å²) in [6.45, 7) is 2.11. The second-order valence-corrected chi connectivity index (χ2v) is 14.7. The summed E-state index contributed by atoms with van der Waals surface area (Å²) in [7, 11) is -3.49.